The molecule has 0 spiro atoms. The van der Waals surface area contributed by atoms with Gasteiger partial charge in [0, 0.05) is 12.3 Å². The Labute approximate surface area is 95.9 Å². The van der Waals surface area contributed by atoms with Crippen LogP contribution in [0.3, 0.4) is 0 Å². The zero-order chi connectivity index (χ0) is 11.5. The van der Waals surface area contributed by atoms with Gasteiger partial charge in [0.2, 0.25) is 0 Å². The lowest BCUT2D eigenvalue weighted by molar-refractivity contribution is -0.142. The summed E-state index contributed by atoms with van der Waals surface area (Å²) in [5.74, 6) is 0.994. The number of allylic oxidation sites excluding steroid dienone is 2. The molecule has 16 heavy (non-hydrogen) atoms. The Morgan fingerprint density at radius 3 is 2.50 bits per heavy atom. The van der Waals surface area contributed by atoms with Gasteiger partial charge in [-0.1, -0.05) is 30.3 Å². The monoisotopic (exact) mass is 216 g/mol. The van der Waals surface area contributed by atoms with Crippen molar-refractivity contribution in [1.29, 1.82) is 0 Å². The molecule has 0 N–H and O–H groups in total. The predicted octanol–water partition coefficient (Wildman–Crippen LogP) is 3.40. The van der Waals surface area contributed by atoms with Gasteiger partial charge in [-0.3, -0.25) is 4.79 Å². The molecule has 1 unspecified atom stereocenters. The fourth-order valence-electron chi connectivity index (χ4n) is 1.98. The van der Waals surface area contributed by atoms with E-state index in [9.17, 15) is 4.79 Å². The highest BCUT2D eigenvalue weighted by Gasteiger charge is 2.26. The Kier molecular flexibility index (Phi) is 3.09. The van der Waals surface area contributed by atoms with Crippen LogP contribution in [0.15, 0.2) is 41.7 Å². The minimum atomic E-state index is -0.115. The third-order valence-corrected chi connectivity index (χ3v) is 2.91. The van der Waals surface area contributed by atoms with Crippen LogP contribution in [-0.2, 0) is 9.53 Å². The van der Waals surface area contributed by atoms with Crippen LogP contribution in [-0.4, -0.2) is 5.97 Å². The molecule has 2 nitrogen and oxygen atoms in total. The number of hydrogen-bond donors (Lipinski definition) is 0. The summed E-state index contributed by atoms with van der Waals surface area (Å²) in [5.41, 5.74) is 2.31. The Bertz CT molecular complexity index is 414. The second-order valence-electron chi connectivity index (χ2n) is 4.41. The number of ether oxygens (including phenoxy) is 1. The summed E-state index contributed by atoms with van der Waals surface area (Å²) in [5, 5.41) is 0. The molecule has 2 heteroatoms. The normalized spacial score (nSPS) is 20.5. The number of carbonyl (C=O) groups excluding carboxylic acids is 1. The summed E-state index contributed by atoms with van der Waals surface area (Å²) < 4.78 is 5.24. The van der Waals surface area contributed by atoms with Crippen molar-refractivity contribution in [1.82, 2.24) is 0 Å². The molecule has 0 saturated carbocycles. The van der Waals surface area contributed by atoms with E-state index in [1.54, 1.807) is 0 Å². The van der Waals surface area contributed by atoms with Crippen molar-refractivity contribution in [3.63, 3.8) is 0 Å². The molecule has 2 rings (SSSR count). The molecule has 0 radical (unpaired) electrons. The van der Waals surface area contributed by atoms with E-state index in [1.165, 1.54) is 5.56 Å². The lowest BCUT2D eigenvalue weighted by Crippen LogP contribution is -2.18. The molecule has 1 aromatic rings. The highest BCUT2D eigenvalue weighted by atomic mass is 16.5. The smallest absolute Gasteiger partial charge is 0.311 e. The zero-order valence-electron chi connectivity index (χ0n) is 9.69. The van der Waals surface area contributed by atoms with Gasteiger partial charge in [-0.15, -0.1) is 0 Å². The van der Waals surface area contributed by atoms with Gasteiger partial charge in [0.25, 0.3) is 0 Å². The van der Waals surface area contributed by atoms with Crippen LogP contribution in [0, 0.1) is 0 Å². The van der Waals surface area contributed by atoms with Crippen LogP contribution in [0.5, 0.6) is 0 Å². The second-order valence-corrected chi connectivity index (χ2v) is 4.41. The molecule has 0 amide bonds. The molecule has 1 atom stereocenters. The standard InChI is InChI=1S/C14H16O2/c1-10(2)13-8-12(9-14(15)16-13)11-6-4-3-5-7-11/h3-7,12H,8-9H2,1-2H3. The van der Waals surface area contributed by atoms with E-state index in [0.717, 1.165) is 17.8 Å². The van der Waals surface area contributed by atoms with E-state index >= 15 is 0 Å². The van der Waals surface area contributed by atoms with Gasteiger partial charge in [-0.2, -0.15) is 0 Å². The van der Waals surface area contributed by atoms with Gasteiger partial charge in [0.1, 0.15) is 5.76 Å². The maximum atomic E-state index is 11.5. The molecule has 1 aliphatic heterocycles. The fraction of sp³-hybridized carbons (Fsp3) is 0.357. The van der Waals surface area contributed by atoms with Crippen molar-refractivity contribution in [3.05, 3.63) is 47.2 Å². The summed E-state index contributed by atoms with van der Waals surface area (Å²) in [4.78, 5) is 11.5. The molecule has 1 fully saturated rings. The first-order chi connectivity index (χ1) is 7.66. The molecule has 1 heterocycles. The molecule has 0 aromatic heterocycles. The van der Waals surface area contributed by atoms with E-state index in [4.69, 9.17) is 4.74 Å². The van der Waals surface area contributed by atoms with Crippen molar-refractivity contribution in [2.45, 2.75) is 32.6 Å². The van der Waals surface area contributed by atoms with Crippen LogP contribution >= 0.6 is 0 Å². The number of carbonyl (C=O) groups is 1. The summed E-state index contributed by atoms with van der Waals surface area (Å²) in [6.07, 6.45) is 1.32. The number of rotatable bonds is 1. The van der Waals surface area contributed by atoms with Crippen molar-refractivity contribution >= 4 is 5.97 Å². The number of cyclic esters (lactones) is 1. The Hall–Kier alpha value is -1.57. The molecule has 0 bridgehead atoms. The SMILES string of the molecule is CC(C)=C1CC(c2ccccc2)CC(=O)O1. The minimum absolute atomic E-state index is 0.115. The van der Waals surface area contributed by atoms with Crippen molar-refractivity contribution in [2.24, 2.45) is 0 Å². The van der Waals surface area contributed by atoms with E-state index in [1.807, 2.05) is 32.0 Å². The third-order valence-electron chi connectivity index (χ3n) is 2.91. The third kappa shape index (κ3) is 2.32. The van der Waals surface area contributed by atoms with Crippen LogP contribution in [0.4, 0.5) is 0 Å². The molecular weight excluding hydrogens is 200 g/mol. The topological polar surface area (TPSA) is 26.3 Å². The fourth-order valence-corrected chi connectivity index (χ4v) is 1.98. The van der Waals surface area contributed by atoms with E-state index in [-0.39, 0.29) is 11.9 Å². The summed E-state index contributed by atoms with van der Waals surface area (Å²) in [7, 11) is 0. The molecule has 1 aromatic carbocycles. The highest BCUT2D eigenvalue weighted by Crippen LogP contribution is 2.33. The first kappa shape index (κ1) is 10.9. The zero-order valence-corrected chi connectivity index (χ0v) is 9.69. The summed E-state index contributed by atoms with van der Waals surface area (Å²) >= 11 is 0. The van der Waals surface area contributed by atoms with Gasteiger partial charge in [0.15, 0.2) is 0 Å². The van der Waals surface area contributed by atoms with Crippen molar-refractivity contribution in [3.8, 4) is 0 Å². The Balaban J connectivity index is 2.24. The van der Waals surface area contributed by atoms with Crippen molar-refractivity contribution in [2.75, 3.05) is 0 Å². The van der Waals surface area contributed by atoms with Gasteiger partial charge >= 0.3 is 5.97 Å². The quantitative estimate of drug-likeness (QED) is 0.672. The molecule has 1 aliphatic rings. The van der Waals surface area contributed by atoms with Gasteiger partial charge in [-0.05, 0) is 25.0 Å². The van der Waals surface area contributed by atoms with Crippen LogP contribution in [0.1, 0.15) is 38.2 Å². The first-order valence-corrected chi connectivity index (χ1v) is 5.59. The van der Waals surface area contributed by atoms with E-state index < -0.39 is 0 Å². The molecular formula is C14H16O2. The van der Waals surface area contributed by atoms with E-state index in [2.05, 4.69) is 12.1 Å². The minimum Gasteiger partial charge on any atom is -0.431 e. The molecule has 0 aliphatic carbocycles. The lowest BCUT2D eigenvalue weighted by Gasteiger charge is -2.24. The van der Waals surface area contributed by atoms with Gasteiger partial charge in [-0.25, -0.2) is 0 Å². The Morgan fingerprint density at radius 1 is 1.19 bits per heavy atom. The summed E-state index contributed by atoms with van der Waals surface area (Å²) in [6, 6.07) is 10.2. The van der Waals surface area contributed by atoms with Gasteiger partial charge in [0.05, 0.1) is 6.42 Å². The first-order valence-electron chi connectivity index (χ1n) is 5.59. The highest BCUT2D eigenvalue weighted by molar-refractivity contribution is 5.73. The van der Waals surface area contributed by atoms with Gasteiger partial charge < -0.3 is 4.74 Å². The second kappa shape index (κ2) is 4.52. The number of hydrogen-bond acceptors (Lipinski definition) is 2. The number of benzene rings is 1. The maximum Gasteiger partial charge on any atom is 0.311 e. The van der Waals surface area contributed by atoms with Crippen LogP contribution < -0.4 is 0 Å². The average Bonchev–Trinajstić information content (AvgIpc) is 2.29. The van der Waals surface area contributed by atoms with E-state index in [0.29, 0.717) is 6.42 Å². The van der Waals surface area contributed by atoms with Crippen LogP contribution in [0.2, 0.25) is 0 Å². The Morgan fingerprint density at radius 2 is 1.88 bits per heavy atom. The summed E-state index contributed by atoms with van der Waals surface area (Å²) in [6.45, 7) is 3.96. The maximum absolute atomic E-state index is 11.5. The molecule has 84 valence electrons. The lowest BCUT2D eigenvalue weighted by atomic mass is 9.89. The predicted molar refractivity (Wildman–Crippen MR) is 62.9 cm³/mol. The average molecular weight is 216 g/mol. The number of esters is 1. The van der Waals surface area contributed by atoms with Crippen LogP contribution in [0.25, 0.3) is 0 Å². The largest absolute Gasteiger partial charge is 0.431 e. The molecule has 1 saturated heterocycles. The van der Waals surface area contributed by atoms with Crippen molar-refractivity contribution < 1.29 is 9.53 Å².